The van der Waals surface area contributed by atoms with Crippen LogP contribution in [-0.4, -0.2) is 17.1 Å². The lowest BCUT2D eigenvalue weighted by molar-refractivity contribution is -0.0996. The van der Waals surface area contributed by atoms with Crippen LogP contribution >= 0.6 is 11.6 Å². The average molecular weight is 421 g/mol. The second-order valence-electron chi connectivity index (χ2n) is 12.9. The Bertz CT molecular complexity index is 632. The second-order valence-corrected chi connectivity index (χ2v) is 13.5. The first-order valence-electron chi connectivity index (χ1n) is 13.0. The molecule has 4 aliphatic carbocycles. The van der Waals surface area contributed by atoms with Gasteiger partial charge in [-0.2, -0.15) is 0 Å². The summed E-state index contributed by atoms with van der Waals surface area (Å²) < 4.78 is 6.58. The molecule has 0 bridgehead atoms. The summed E-state index contributed by atoms with van der Waals surface area (Å²) in [6, 6.07) is 0. The predicted molar refractivity (Wildman–Crippen MR) is 122 cm³/mol. The van der Waals surface area contributed by atoms with Crippen molar-refractivity contribution in [1.82, 2.24) is 0 Å². The Labute approximate surface area is 185 Å². The van der Waals surface area contributed by atoms with Crippen molar-refractivity contribution in [2.45, 2.75) is 122 Å². The van der Waals surface area contributed by atoms with E-state index in [2.05, 4.69) is 34.6 Å². The molecule has 2 heteroatoms. The molecule has 5 rings (SSSR count). The lowest BCUT2D eigenvalue weighted by Crippen LogP contribution is -2.58. The molecule has 0 aromatic rings. The van der Waals surface area contributed by atoms with Gasteiger partial charge >= 0.3 is 0 Å². The van der Waals surface area contributed by atoms with Gasteiger partial charge in [0, 0.05) is 10.8 Å². The SMILES string of the molecule is CC(C)CCC[C@@H](C)[C@@H]1CC[C@@H]2[C@@H]3C[C@@H]4O[C@@]45C[C@H](Cl)CC[C@]5(C)[C@@H]3CC[C@@]21C. The zero-order valence-electron chi connectivity index (χ0n) is 19.7. The molecule has 1 heterocycles. The normalized spacial score (nSPS) is 54.3. The van der Waals surface area contributed by atoms with Crippen molar-refractivity contribution in [3.05, 3.63) is 0 Å². The summed E-state index contributed by atoms with van der Waals surface area (Å²) in [7, 11) is 0. The van der Waals surface area contributed by atoms with Gasteiger partial charge in [0.15, 0.2) is 0 Å². The Kier molecular flexibility index (Phi) is 5.19. The van der Waals surface area contributed by atoms with Gasteiger partial charge in [-0.25, -0.2) is 0 Å². The van der Waals surface area contributed by atoms with Gasteiger partial charge in [-0.3, -0.25) is 0 Å². The van der Waals surface area contributed by atoms with Crippen LogP contribution in [0.2, 0.25) is 0 Å². The van der Waals surface area contributed by atoms with Crippen LogP contribution in [0.5, 0.6) is 0 Å². The van der Waals surface area contributed by atoms with Gasteiger partial charge in [0.1, 0.15) is 5.60 Å². The number of ether oxygens (including phenoxy) is 1. The quantitative estimate of drug-likeness (QED) is 0.325. The summed E-state index contributed by atoms with van der Waals surface area (Å²) in [5.74, 6) is 5.47. The first-order chi connectivity index (χ1) is 13.7. The van der Waals surface area contributed by atoms with Crippen LogP contribution in [0.1, 0.15) is 105 Å². The largest absolute Gasteiger partial charge is 0.365 e. The first-order valence-corrected chi connectivity index (χ1v) is 13.5. The van der Waals surface area contributed by atoms with Crippen molar-refractivity contribution in [2.24, 2.45) is 46.3 Å². The zero-order chi connectivity index (χ0) is 20.6. The predicted octanol–water partition coefficient (Wildman–Crippen LogP) is 7.85. The Morgan fingerprint density at radius 3 is 2.52 bits per heavy atom. The van der Waals surface area contributed by atoms with Gasteiger partial charge in [-0.15, -0.1) is 11.6 Å². The van der Waals surface area contributed by atoms with E-state index in [0.29, 0.717) is 22.3 Å². The maximum Gasteiger partial charge on any atom is 0.102 e. The second kappa shape index (κ2) is 7.13. The fourth-order valence-electron chi connectivity index (χ4n) is 9.65. The van der Waals surface area contributed by atoms with Crippen molar-refractivity contribution in [2.75, 3.05) is 0 Å². The first kappa shape index (κ1) is 21.1. The van der Waals surface area contributed by atoms with E-state index >= 15 is 0 Å². The van der Waals surface area contributed by atoms with Crippen LogP contribution in [0.25, 0.3) is 0 Å². The highest BCUT2D eigenvalue weighted by atomic mass is 35.5. The van der Waals surface area contributed by atoms with E-state index in [4.69, 9.17) is 16.3 Å². The molecule has 1 nitrogen and oxygen atoms in total. The van der Waals surface area contributed by atoms with Crippen molar-refractivity contribution in [1.29, 1.82) is 0 Å². The van der Waals surface area contributed by atoms with Crippen LogP contribution < -0.4 is 0 Å². The van der Waals surface area contributed by atoms with Crippen LogP contribution in [0.3, 0.4) is 0 Å². The number of hydrogen-bond acceptors (Lipinski definition) is 1. The molecular formula is C27H45ClO. The Morgan fingerprint density at radius 2 is 1.76 bits per heavy atom. The molecule has 0 radical (unpaired) electrons. The Balaban J connectivity index is 1.33. The molecule has 10 atom stereocenters. The third kappa shape index (κ3) is 3.02. The number of halogens is 1. The van der Waals surface area contributed by atoms with Crippen molar-refractivity contribution >= 4 is 11.6 Å². The van der Waals surface area contributed by atoms with E-state index in [-0.39, 0.29) is 5.60 Å². The van der Waals surface area contributed by atoms with Gasteiger partial charge in [0.2, 0.25) is 0 Å². The molecule has 4 saturated carbocycles. The Morgan fingerprint density at radius 1 is 0.966 bits per heavy atom. The van der Waals surface area contributed by atoms with E-state index < -0.39 is 0 Å². The van der Waals surface area contributed by atoms with E-state index in [1.165, 1.54) is 64.2 Å². The number of rotatable bonds is 5. The summed E-state index contributed by atoms with van der Waals surface area (Å²) in [5, 5.41) is 0.348. The minimum atomic E-state index is 0.161. The summed E-state index contributed by atoms with van der Waals surface area (Å²) >= 11 is 6.64. The molecule has 0 aromatic heterocycles. The summed E-state index contributed by atoms with van der Waals surface area (Å²) in [6.45, 7) is 12.7. The minimum Gasteiger partial charge on any atom is -0.365 e. The Hall–Kier alpha value is 0.250. The molecule has 0 aromatic carbocycles. The topological polar surface area (TPSA) is 12.5 Å². The van der Waals surface area contributed by atoms with Crippen LogP contribution in [0, 0.1) is 46.3 Å². The van der Waals surface area contributed by atoms with E-state index in [9.17, 15) is 0 Å². The molecule has 1 spiro atoms. The van der Waals surface area contributed by atoms with Crippen LogP contribution in [0.4, 0.5) is 0 Å². The highest BCUT2D eigenvalue weighted by molar-refractivity contribution is 6.20. The van der Waals surface area contributed by atoms with Crippen molar-refractivity contribution in [3.8, 4) is 0 Å². The van der Waals surface area contributed by atoms with Crippen molar-refractivity contribution < 1.29 is 4.74 Å². The van der Waals surface area contributed by atoms with E-state index in [0.717, 1.165) is 41.9 Å². The lowest BCUT2D eigenvalue weighted by Gasteiger charge is -2.59. The molecule has 0 amide bonds. The monoisotopic (exact) mass is 420 g/mol. The lowest BCUT2D eigenvalue weighted by atomic mass is 9.44. The average Bonchev–Trinajstić information content (AvgIpc) is 3.22. The highest BCUT2D eigenvalue weighted by Gasteiger charge is 2.75. The number of fused-ring (bicyclic) bond motifs is 4. The molecule has 0 N–H and O–H groups in total. The standard InChI is InChI=1S/C27H45ClO/c1-17(2)7-6-8-18(3)21-9-10-22-20-15-24-27(29-24)16-19(28)11-14-26(27,5)23(20)12-13-25(21,22)4/h17-24H,6-16H2,1-5H3/t18-,19-,20+,21+,22-,23-,24+,25-,26-,27+/m1/s1. The molecule has 5 aliphatic rings. The fraction of sp³-hybridized carbons (Fsp3) is 1.00. The summed E-state index contributed by atoms with van der Waals surface area (Å²) in [6.07, 6.45) is 15.7. The number of alkyl halides is 1. The van der Waals surface area contributed by atoms with Gasteiger partial charge in [-0.1, -0.05) is 53.9 Å². The highest BCUT2D eigenvalue weighted by Crippen LogP contribution is 2.74. The number of hydrogen-bond donors (Lipinski definition) is 0. The maximum absolute atomic E-state index is 6.64. The summed E-state index contributed by atoms with van der Waals surface area (Å²) in [5.41, 5.74) is 1.15. The molecule has 0 unspecified atom stereocenters. The molecule has 29 heavy (non-hydrogen) atoms. The molecule has 1 saturated heterocycles. The van der Waals surface area contributed by atoms with Gasteiger partial charge in [0.25, 0.3) is 0 Å². The van der Waals surface area contributed by atoms with Crippen molar-refractivity contribution in [3.63, 3.8) is 0 Å². The summed E-state index contributed by atoms with van der Waals surface area (Å²) in [4.78, 5) is 0. The zero-order valence-corrected chi connectivity index (χ0v) is 20.4. The fourth-order valence-corrected chi connectivity index (χ4v) is 9.99. The van der Waals surface area contributed by atoms with Gasteiger partial charge in [0.05, 0.1) is 6.10 Å². The van der Waals surface area contributed by atoms with Crippen LogP contribution in [0.15, 0.2) is 0 Å². The van der Waals surface area contributed by atoms with E-state index in [1.54, 1.807) is 0 Å². The van der Waals surface area contributed by atoms with Gasteiger partial charge < -0.3 is 4.74 Å². The van der Waals surface area contributed by atoms with Gasteiger partial charge in [-0.05, 0) is 92.3 Å². The molecule has 166 valence electrons. The van der Waals surface area contributed by atoms with Crippen LogP contribution in [-0.2, 0) is 4.74 Å². The number of epoxide rings is 1. The smallest absolute Gasteiger partial charge is 0.102 e. The van der Waals surface area contributed by atoms with E-state index in [1.807, 2.05) is 0 Å². The maximum atomic E-state index is 6.64. The third-order valence-electron chi connectivity index (χ3n) is 11.2. The molecule has 5 fully saturated rings. The molecular weight excluding hydrogens is 376 g/mol. The minimum absolute atomic E-state index is 0.161. The third-order valence-corrected chi connectivity index (χ3v) is 11.6. The molecule has 1 aliphatic heterocycles.